The lowest BCUT2D eigenvalue weighted by Gasteiger charge is -2.08. The second kappa shape index (κ2) is 7.92. The summed E-state index contributed by atoms with van der Waals surface area (Å²) in [5, 5.41) is 9.09. The van der Waals surface area contributed by atoms with Crippen molar-refractivity contribution in [2.45, 2.75) is 6.42 Å². The van der Waals surface area contributed by atoms with Gasteiger partial charge in [-0.3, -0.25) is 9.78 Å². The molecule has 0 bridgehead atoms. The highest BCUT2D eigenvalue weighted by Crippen LogP contribution is 2.16. The summed E-state index contributed by atoms with van der Waals surface area (Å²) in [5.41, 5.74) is 2.21. The number of pyridine rings is 1. The summed E-state index contributed by atoms with van der Waals surface area (Å²) >= 11 is 0. The molecular weight excluding hydrogens is 316 g/mol. The summed E-state index contributed by atoms with van der Waals surface area (Å²) < 4.78 is 0. The van der Waals surface area contributed by atoms with Crippen LogP contribution in [0.5, 0.6) is 0 Å². The van der Waals surface area contributed by atoms with Crippen molar-refractivity contribution in [3.63, 3.8) is 0 Å². The third-order valence-electron chi connectivity index (χ3n) is 3.54. The molecule has 2 aromatic carbocycles. The van der Waals surface area contributed by atoms with Crippen molar-refractivity contribution >= 4 is 34.2 Å². The molecule has 25 heavy (non-hydrogen) atoms. The molecule has 0 atom stereocenters. The fourth-order valence-corrected chi connectivity index (χ4v) is 2.35. The van der Waals surface area contributed by atoms with Crippen molar-refractivity contribution in [1.82, 2.24) is 10.3 Å². The maximum atomic E-state index is 12.0. The number of urea groups is 1. The first-order valence-corrected chi connectivity index (χ1v) is 7.95. The molecule has 1 heterocycles. The van der Waals surface area contributed by atoms with Crippen LogP contribution >= 0.6 is 0 Å². The summed E-state index contributed by atoms with van der Waals surface area (Å²) in [6, 6.07) is 18.3. The van der Waals surface area contributed by atoms with Crippen LogP contribution in [0.1, 0.15) is 6.42 Å². The molecule has 0 aliphatic heterocycles. The lowest BCUT2D eigenvalue weighted by Crippen LogP contribution is -2.31. The van der Waals surface area contributed by atoms with Gasteiger partial charge in [-0.05, 0) is 24.3 Å². The Kier molecular flexibility index (Phi) is 5.21. The van der Waals surface area contributed by atoms with Crippen LogP contribution in [0.2, 0.25) is 0 Å². The van der Waals surface area contributed by atoms with Gasteiger partial charge in [0.05, 0.1) is 17.4 Å². The summed E-state index contributed by atoms with van der Waals surface area (Å²) in [4.78, 5) is 28.0. The third-order valence-corrected chi connectivity index (χ3v) is 3.54. The van der Waals surface area contributed by atoms with Gasteiger partial charge in [-0.15, -0.1) is 0 Å². The van der Waals surface area contributed by atoms with E-state index in [2.05, 4.69) is 20.9 Å². The van der Waals surface area contributed by atoms with Crippen LogP contribution in [-0.2, 0) is 4.79 Å². The number of carbonyl (C=O) groups excluding carboxylic acids is 2. The Labute approximate surface area is 145 Å². The molecule has 0 spiro atoms. The van der Waals surface area contributed by atoms with Crippen molar-refractivity contribution < 1.29 is 9.59 Å². The van der Waals surface area contributed by atoms with Gasteiger partial charge >= 0.3 is 6.03 Å². The fourth-order valence-electron chi connectivity index (χ4n) is 2.35. The van der Waals surface area contributed by atoms with Gasteiger partial charge < -0.3 is 16.0 Å². The minimum absolute atomic E-state index is 0.176. The number of para-hydroxylation sites is 2. The van der Waals surface area contributed by atoms with E-state index in [-0.39, 0.29) is 24.9 Å². The molecule has 3 aromatic rings. The van der Waals surface area contributed by atoms with Crippen molar-refractivity contribution in [2.24, 2.45) is 0 Å². The minimum Gasteiger partial charge on any atom is -0.337 e. The Bertz CT molecular complexity index is 881. The van der Waals surface area contributed by atoms with E-state index >= 15 is 0 Å². The zero-order valence-corrected chi connectivity index (χ0v) is 13.5. The third kappa shape index (κ3) is 4.78. The molecular formula is C19H18N4O2. The van der Waals surface area contributed by atoms with Gasteiger partial charge in [-0.1, -0.05) is 36.4 Å². The van der Waals surface area contributed by atoms with Gasteiger partial charge in [0.1, 0.15) is 0 Å². The zero-order valence-electron chi connectivity index (χ0n) is 13.5. The number of benzene rings is 2. The van der Waals surface area contributed by atoms with Crippen LogP contribution in [0.15, 0.2) is 66.9 Å². The maximum Gasteiger partial charge on any atom is 0.319 e. The van der Waals surface area contributed by atoms with Gasteiger partial charge in [-0.25, -0.2) is 4.79 Å². The van der Waals surface area contributed by atoms with E-state index in [0.717, 1.165) is 10.9 Å². The lowest BCUT2D eigenvalue weighted by atomic mass is 10.2. The summed E-state index contributed by atoms with van der Waals surface area (Å²) in [6.45, 7) is 0.242. The van der Waals surface area contributed by atoms with Crippen LogP contribution in [0.4, 0.5) is 16.2 Å². The van der Waals surface area contributed by atoms with Crippen LogP contribution in [-0.4, -0.2) is 23.5 Å². The number of carbonyl (C=O) groups is 2. The van der Waals surface area contributed by atoms with E-state index in [9.17, 15) is 9.59 Å². The number of fused-ring (bicyclic) bond motifs is 1. The van der Waals surface area contributed by atoms with Gasteiger partial charge in [0.15, 0.2) is 0 Å². The number of rotatable bonds is 5. The van der Waals surface area contributed by atoms with Gasteiger partial charge in [-0.2, -0.15) is 0 Å². The second-order valence-corrected chi connectivity index (χ2v) is 5.46. The highest BCUT2D eigenvalue weighted by molar-refractivity contribution is 5.94. The van der Waals surface area contributed by atoms with Crippen molar-refractivity contribution in [2.75, 3.05) is 17.2 Å². The highest BCUT2D eigenvalue weighted by Gasteiger charge is 2.06. The largest absolute Gasteiger partial charge is 0.337 e. The first kappa shape index (κ1) is 16.4. The molecule has 0 radical (unpaired) electrons. The monoisotopic (exact) mass is 334 g/mol. The Balaban J connectivity index is 1.45. The number of amides is 3. The van der Waals surface area contributed by atoms with Crippen LogP contribution in [0, 0.1) is 0 Å². The van der Waals surface area contributed by atoms with Crippen LogP contribution in [0.3, 0.4) is 0 Å². The Morgan fingerprint density at radius 1 is 0.880 bits per heavy atom. The number of nitrogens with one attached hydrogen (secondary N) is 3. The molecule has 3 amide bonds. The molecule has 6 nitrogen and oxygen atoms in total. The smallest absolute Gasteiger partial charge is 0.319 e. The number of aromatic nitrogens is 1. The first-order valence-electron chi connectivity index (χ1n) is 7.95. The molecule has 6 heteroatoms. The zero-order chi connectivity index (χ0) is 17.5. The van der Waals surface area contributed by atoms with Crippen molar-refractivity contribution in [3.8, 4) is 0 Å². The average Bonchev–Trinajstić information content (AvgIpc) is 2.62. The topological polar surface area (TPSA) is 83.1 Å². The first-order chi connectivity index (χ1) is 12.2. The predicted molar refractivity (Wildman–Crippen MR) is 98.5 cm³/mol. The van der Waals surface area contributed by atoms with E-state index in [1.165, 1.54) is 0 Å². The molecule has 0 aliphatic rings. The highest BCUT2D eigenvalue weighted by atomic mass is 16.2. The van der Waals surface area contributed by atoms with Crippen LogP contribution in [0.25, 0.3) is 10.9 Å². The number of anilines is 2. The molecule has 126 valence electrons. The van der Waals surface area contributed by atoms with Crippen molar-refractivity contribution in [3.05, 3.63) is 66.9 Å². The van der Waals surface area contributed by atoms with E-state index in [1.54, 1.807) is 18.3 Å². The van der Waals surface area contributed by atoms with Gasteiger partial charge in [0, 0.05) is 24.0 Å². The lowest BCUT2D eigenvalue weighted by molar-refractivity contribution is -0.116. The predicted octanol–water partition coefficient (Wildman–Crippen LogP) is 3.39. The molecule has 0 aliphatic carbocycles. The SMILES string of the molecule is O=C(CCNC(=O)Nc1ccccc1)Nc1cnc2ccccc2c1. The maximum absolute atomic E-state index is 12.0. The molecule has 0 saturated carbocycles. The van der Waals surface area contributed by atoms with E-state index in [0.29, 0.717) is 11.4 Å². The Morgan fingerprint density at radius 2 is 1.64 bits per heavy atom. The molecule has 3 rings (SSSR count). The van der Waals surface area contributed by atoms with E-state index in [4.69, 9.17) is 0 Å². The standard InChI is InChI=1S/C19H18N4O2/c24-18(10-11-20-19(25)23-15-7-2-1-3-8-15)22-16-12-14-6-4-5-9-17(14)21-13-16/h1-9,12-13H,10-11H2,(H,22,24)(H2,20,23,25). The van der Waals surface area contributed by atoms with Crippen molar-refractivity contribution in [1.29, 1.82) is 0 Å². The quantitative estimate of drug-likeness (QED) is 0.669. The number of nitrogens with zero attached hydrogens (tertiary/aromatic N) is 1. The van der Waals surface area contributed by atoms with E-state index < -0.39 is 0 Å². The minimum atomic E-state index is -0.341. The Hall–Kier alpha value is -3.41. The summed E-state index contributed by atoms with van der Waals surface area (Å²) in [6.07, 6.45) is 1.80. The summed E-state index contributed by atoms with van der Waals surface area (Å²) in [5.74, 6) is -0.183. The molecule has 1 aromatic heterocycles. The molecule has 0 saturated heterocycles. The summed E-state index contributed by atoms with van der Waals surface area (Å²) in [7, 11) is 0. The number of hydrogen-bond acceptors (Lipinski definition) is 3. The van der Waals surface area contributed by atoms with Gasteiger partial charge in [0.25, 0.3) is 0 Å². The van der Waals surface area contributed by atoms with Crippen LogP contribution < -0.4 is 16.0 Å². The van der Waals surface area contributed by atoms with E-state index in [1.807, 2.05) is 48.5 Å². The Morgan fingerprint density at radius 3 is 2.48 bits per heavy atom. The number of hydrogen-bond donors (Lipinski definition) is 3. The van der Waals surface area contributed by atoms with Gasteiger partial charge in [0.2, 0.25) is 5.91 Å². The molecule has 3 N–H and O–H groups in total. The normalized spacial score (nSPS) is 10.2. The fraction of sp³-hybridized carbons (Fsp3) is 0.105. The second-order valence-electron chi connectivity index (χ2n) is 5.46. The average molecular weight is 334 g/mol. The molecule has 0 fully saturated rings. The molecule has 0 unspecified atom stereocenters.